The molecular weight excluding hydrogens is 228 g/mol. The second-order valence-corrected chi connectivity index (χ2v) is 5.61. The Morgan fingerprint density at radius 2 is 1.83 bits per heavy atom. The summed E-state index contributed by atoms with van der Waals surface area (Å²) in [7, 11) is 1.42. The first-order chi connectivity index (χ1) is 8.42. The van der Waals surface area contributed by atoms with Gasteiger partial charge < -0.3 is 9.47 Å². The highest BCUT2D eigenvalue weighted by Gasteiger charge is 2.26. The molecule has 1 unspecified atom stereocenters. The molecule has 100 valence electrons. The maximum absolute atomic E-state index is 11.7. The first kappa shape index (κ1) is 14.6. The Labute approximate surface area is 109 Å². The van der Waals surface area contributed by atoms with Crippen molar-refractivity contribution in [3.63, 3.8) is 0 Å². The predicted octanol–water partition coefficient (Wildman–Crippen LogP) is 3.29. The highest BCUT2D eigenvalue weighted by molar-refractivity contribution is 5.72. The highest BCUT2D eigenvalue weighted by Crippen LogP contribution is 2.25. The van der Waals surface area contributed by atoms with Crippen molar-refractivity contribution in [1.82, 2.24) is 0 Å². The van der Waals surface area contributed by atoms with E-state index in [0.717, 1.165) is 12.2 Å². The number of para-hydroxylation sites is 1. The van der Waals surface area contributed by atoms with Gasteiger partial charge in [-0.2, -0.15) is 0 Å². The lowest BCUT2D eigenvalue weighted by molar-refractivity contribution is -0.147. The van der Waals surface area contributed by atoms with E-state index in [-0.39, 0.29) is 17.3 Å². The largest absolute Gasteiger partial charge is 0.493 e. The molecule has 0 aromatic heterocycles. The maximum atomic E-state index is 11.7. The molecule has 0 amide bonds. The summed E-state index contributed by atoms with van der Waals surface area (Å²) in [5, 5.41) is 0. The summed E-state index contributed by atoms with van der Waals surface area (Å²) in [5.74, 6) is 0.344. The summed E-state index contributed by atoms with van der Waals surface area (Å²) in [6, 6.07) is 9.51. The molecule has 3 heteroatoms. The molecule has 0 spiro atoms. The number of methoxy groups -OCH3 is 1. The molecular formula is C15H22O3. The number of hydrogen-bond acceptors (Lipinski definition) is 3. The molecule has 0 N–H and O–H groups in total. The van der Waals surface area contributed by atoms with Gasteiger partial charge in [-0.25, -0.2) is 0 Å². The van der Waals surface area contributed by atoms with Crippen LogP contribution in [0.5, 0.6) is 5.75 Å². The normalized spacial score (nSPS) is 12.9. The van der Waals surface area contributed by atoms with Gasteiger partial charge in [-0.3, -0.25) is 4.79 Å². The summed E-state index contributed by atoms with van der Waals surface area (Å²) in [4.78, 5) is 11.7. The van der Waals surface area contributed by atoms with E-state index >= 15 is 0 Å². The van der Waals surface area contributed by atoms with E-state index in [9.17, 15) is 4.79 Å². The van der Waals surface area contributed by atoms with Gasteiger partial charge in [0.05, 0.1) is 13.0 Å². The van der Waals surface area contributed by atoms with Gasteiger partial charge in [0.15, 0.2) is 0 Å². The van der Waals surface area contributed by atoms with Crippen LogP contribution in [0.15, 0.2) is 30.3 Å². The van der Waals surface area contributed by atoms with Crippen LogP contribution in [0.25, 0.3) is 0 Å². The lowest BCUT2D eigenvalue weighted by Crippen LogP contribution is -2.27. The summed E-state index contributed by atoms with van der Waals surface area (Å²) in [5.41, 5.74) is 0.0684. The van der Waals surface area contributed by atoms with Gasteiger partial charge in [-0.15, -0.1) is 0 Å². The van der Waals surface area contributed by atoms with Crippen LogP contribution in [-0.2, 0) is 9.53 Å². The van der Waals surface area contributed by atoms with E-state index in [1.165, 1.54) is 7.11 Å². The second-order valence-electron chi connectivity index (χ2n) is 5.61. The van der Waals surface area contributed by atoms with Crippen LogP contribution in [0.2, 0.25) is 0 Å². The van der Waals surface area contributed by atoms with Crippen molar-refractivity contribution in [3.8, 4) is 5.75 Å². The standard InChI is InChI=1S/C15H22O3/c1-15(2,3)10-12(14(16)17-4)11-18-13-8-6-5-7-9-13/h5-9,12H,10-11H2,1-4H3. The van der Waals surface area contributed by atoms with E-state index in [0.29, 0.717) is 6.61 Å². The number of benzene rings is 1. The molecule has 0 aliphatic heterocycles. The third kappa shape index (κ3) is 5.21. The average Bonchev–Trinajstić information content (AvgIpc) is 2.33. The third-order valence-corrected chi connectivity index (χ3v) is 2.59. The average molecular weight is 250 g/mol. The van der Waals surface area contributed by atoms with Gasteiger partial charge in [0, 0.05) is 0 Å². The maximum Gasteiger partial charge on any atom is 0.312 e. The van der Waals surface area contributed by atoms with Crippen LogP contribution in [0, 0.1) is 11.3 Å². The first-order valence-electron chi connectivity index (χ1n) is 6.18. The zero-order valence-electron chi connectivity index (χ0n) is 11.6. The lowest BCUT2D eigenvalue weighted by atomic mass is 9.85. The van der Waals surface area contributed by atoms with Crippen molar-refractivity contribution in [1.29, 1.82) is 0 Å². The number of rotatable bonds is 5. The Bertz CT molecular complexity index is 365. The van der Waals surface area contributed by atoms with Gasteiger partial charge in [0.1, 0.15) is 12.4 Å². The minimum Gasteiger partial charge on any atom is -0.493 e. The van der Waals surface area contributed by atoms with E-state index < -0.39 is 0 Å². The van der Waals surface area contributed by atoms with E-state index in [2.05, 4.69) is 20.8 Å². The first-order valence-corrected chi connectivity index (χ1v) is 6.18. The smallest absolute Gasteiger partial charge is 0.312 e. The molecule has 0 radical (unpaired) electrons. The minimum atomic E-state index is -0.227. The number of esters is 1. The SMILES string of the molecule is COC(=O)C(COc1ccccc1)CC(C)(C)C. The molecule has 3 nitrogen and oxygen atoms in total. The van der Waals surface area contributed by atoms with Crippen LogP contribution in [0.1, 0.15) is 27.2 Å². The molecule has 0 aliphatic rings. The quantitative estimate of drug-likeness (QED) is 0.752. The van der Waals surface area contributed by atoms with Crippen molar-refractivity contribution in [2.75, 3.05) is 13.7 Å². The lowest BCUT2D eigenvalue weighted by Gasteiger charge is -2.24. The van der Waals surface area contributed by atoms with Crippen molar-refractivity contribution < 1.29 is 14.3 Å². The zero-order valence-corrected chi connectivity index (χ0v) is 11.6. The Hall–Kier alpha value is -1.51. The van der Waals surface area contributed by atoms with E-state index in [1.54, 1.807) is 0 Å². The molecule has 1 aromatic carbocycles. The fraction of sp³-hybridized carbons (Fsp3) is 0.533. The summed E-state index contributed by atoms with van der Waals surface area (Å²) < 4.78 is 10.5. The molecule has 1 aromatic rings. The number of ether oxygens (including phenoxy) is 2. The van der Waals surface area contributed by atoms with Crippen LogP contribution in [-0.4, -0.2) is 19.7 Å². The Morgan fingerprint density at radius 1 is 1.22 bits per heavy atom. The Morgan fingerprint density at radius 3 is 2.33 bits per heavy atom. The molecule has 1 rings (SSSR count). The van der Waals surface area contributed by atoms with Crippen molar-refractivity contribution in [3.05, 3.63) is 30.3 Å². The van der Waals surface area contributed by atoms with Gasteiger partial charge in [-0.1, -0.05) is 39.0 Å². The Balaban J connectivity index is 2.59. The molecule has 0 aliphatic carbocycles. The third-order valence-electron chi connectivity index (χ3n) is 2.59. The zero-order chi connectivity index (χ0) is 13.6. The summed E-state index contributed by atoms with van der Waals surface area (Å²) in [6.07, 6.45) is 0.743. The van der Waals surface area contributed by atoms with Crippen molar-refractivity contribution in [2.45, 2.75) is 27.2 Å². The van der Waals surface area contributed by atoms with Crippen LogP contribution < -0.4 is 4.74 Å². The molecule has 1 atom stereocenters. The van der Waals surface area contributed by atoms with Crippen molar-refractivity contribution >= 4 is 5.97 Å². The van der Waals surface area contributed by atoms with Crippen molar-refractivity contribution in [2.24, 2.45) is 11.3 Å². The topological polar surface area (TPSA) is 35.5 Å². The fourth-order valence-corrected chi connectivity index (χ4v) is 1.83. The van der Waals surface area contributed by atoms with Crippen LogP contribution in [0.4, 0.5) is 0 Å². The minimum absolute atomic E-state index is 0.0684. The number of carbonyl (C=O) groups is 1. The molecule has 0 bridgehead atoms. The monoisotopic (exact) mass is 250 g/mol. The van der Waals surface area contributed by atoms with Gasteiger partial charge in [0.25, 0.3) is 0 Å². The molecule has 0 saturated carbocycles. The second kappa shape index (κ2) is 6.43. The van der Waals surface area contributed by atoms with Crippen LogP contribution in [0.3, 0.4) is 0 Å². The van der Waals surface area contributed by atoms with Gasteiger partial charge >= 0.3 is 5.97 Å². The molecule has 18 heavy (non-hydrogen) atoms. The summed E-state index contributed by atoms with van der Waals surface area (Å²) >= 11 is 0. The Kier molecular flexibility index (Phi) is 5.20. The van der Waals surface area contributed by atoms with Gasteiger partial charge in [0.2, 0.25) is 0 Å². The van der Waals surface area contributed by atoms with Gasteiger partial charge in [-0.05, 0) is 24.0 Å². The number of hydrogen-bond donors (Lipinski definition) is 0. The molecule has 0 saturated heterocycles. The molecule has 0 fully saturated rings. The predicted molar refractivity (Wildman–Crippen MR) is 71.5 cm³/mol. The number of carbonyl (C=O) groups excluding carboxylic acids is 1. The van der Waals surface area contributed by atoms with E-state index in [1.807, 2.05) is 30.3 Å². The fourth-order valence-electron chi connectivity index (χ4n) is 1.83. The van der Waals surface area contributed by atoms with Crippen LogP contribution >= 0.6 is 0 Å². The summed E-state index contributed by atoms with van der Waals surface area (Å²) in [6.45, 7) is 6.66. The molecule has 0 heterocycles. The highest BCUT2D eigenvalue weighted by atomic mass is 16.5. The van der Waals surface area contributed by atoms with E-state index in [4.69, 9.17) is 9.47 Å².